The maximum atomic E-state index is 12.6. The lowest BCUT2D eigenvalue weighted by Crippen LogP contribution is -2.32. The Kier molecular flexibility index (Phi) is 6.83. The van der Waals surface area contributed by atoms with E-state index >= 15 is 0 Å². The fourth-order valence-corrected chi connectivity index (χ4v) is 2.62. The Morgan fingerprint density at radius 2 is 1.88 bits per heavy atom. The van der Waals surface area contributed by atoms with Crippen molar-refractivity contribution >= 4 is 5.91 Å². The molecule has 8 heteroatoms. The molecule has 0 bridgehead atoms. The van der Waals surface area contributed by atoms with Crippen molar-refractivity contribution in [2.45, 2.75) is 65.8 Å². The minimum atomic E-state index is -4.36. The Hall–Kier alpha value is -1.57. The average Bonchev–Trinajstić information content (AvgIpc) is 2.70. The minimum Gasteiger partial charge on any atom is -0.393 e. The van der Waals surface area contributed by atoms with Crippen molar-refractivity contribution in [2.24, 2.45) is 5.92 Å². The topological polar surface area (TPSA) is 67.2 Å². The zero-order chi connectivity index (χ0) is 18.7. The van der Waals surface area contributed by atoms with E-state index in [1.807, 2.05) is 13.8 Å². The van der Waals surface area contributed by atoms with E-state index in [0.29, 0.717) is 29.9 Å². The van der Waals surface area contributed by atoms with Crippen LogP contribution in [-0.4, -0.2) is 39.6 Å². The number of hydrogen-bond donors (Lipinski definition) is 2. The van der Waals surface area contributed by atoms with E-state index in [0.717, 1.165) is 4.68 Å². The number of hydrogen-bond acceptors (Lipinski definition) is 3. The van der Waals surface area contributed by atoms with E-state index in [2.05, 4.69) is 10.4 Å². The summed E-state index contributed by atoms with van der Waals surface area (Å²) in [6, 6.07) is 0. The Bertz CT molecular complexity index is 568. The third-order valence-electron chi connectivity index (χ3n) is 4.10. The van der Waals surface area contributed by atoms with Gasteiger partial charge < -0.3 is 10.4 Å². The number of carbonyl (C=O) groups is 1. The quantitative estimate of drug-likeness (QED) is 0.795. The summed E-state index contributed by atoms with van der Waals surface area (Å²) in [6.07, 6.45) is -4.43. The number of nitrogens with zero attached hydrogens (tertiary/aromatic N) is 2. The van der Waals surface area contributed by atoms with Gasteiger partial charge in [-0.25, -0.2) is 0 Å². The summed E-state index contributed by atoms with van der Waals surface area (Å²) >= 11 is 0. The molecule has 1 rings (SSSR count). The second kappa shape index (κ2) is 8.00. The number of carbonyl (C=O) groups excluding carboxylic acids is 1. The number of rotatable bonds is 7. The zero-order valence-electron chi connectivity index (χ0n) is 14.7. The van der Waals surface area contributed by atoms with Gasteiger partial charge in [-0.05, 0) is 33.1 Å². The summed E-state index contributed by atoms with van der Waals surface area (Å²) < 4.78 is 38.6. The molecule has 0 aliphatic rings. The largest absolute Gasteiger partial charge is 0.408 e. The predicted molar refractivity (Wildman–Crippen MR) is 84.6 cm³/mol. The van der Waals surface area contributed by atoms with Crippen LogP contribution < -0.4 is 5.32 Å². The molecule has 2 unspecified atom stereocenters. The molecular weight excluding hydrogens is 323 g/mol. The molecule has 2 N–H and O–H groups in total. The van der Waals surface area contributed by atoms with E-state index in [-0.39, 0.29) is 11.8 Å². The van der Waals surface area contributed by atoms with Crippen molar-refractivity contribution in [3.63, 3.8) is 0 Å². The maximum Gasteiger partial charge on any atom is 0.408 e. The van der Waals surface area contributed by atoms with Crippen molar-refractivity contribution in [1.29, 1.82) is 0 Å². The summed E-state index contributed by atoms with van der Waals surface area (Å²) in [6.45, 7) is 7.69. The monoisotopic (exact) mass is 349 g/mol. The fourth-order valence-electron chi connectivity index (χ4n) is 2.62. The Balaban J connectivity index is 2.77. The van der Waals surface area contributed by atoms with Crippen LogP contribution in [0.3, 0.4) is 0 Å². The molecule has 0 saturated heterocycles. The van der Waals surface area contributed by atoms with Gasteiger partial charge in [0.15, 0.2) is 0 Å². The summed E-state index contributed by atoms with van der Waals surface area (Å²) in [5.41, 5.74) is 1.28. The Morgan fingerprint density at radius 1 is 1.29 bits per heavy atom. The highest BCUT2D eigenvalue weighted by Crippen LogP contribution is 2.26. The van der Waals surface area contributed by atoms with Gasteiger partial charge >= 0.3 is 6.18 Å². The van der Waals surface area contributed by atoms with Gasteiger partial charge in [-0.2, -0.15) is 18.3 Å². The molecule has 0 radical (unpaired) electrons. The number of alkyl halides is 3. The van der Waals surface area contributed by atoms with Gasteiger partial charge in [0.2, 0.25) is 5.91 Å². The van der Waals surface area contributed by atoms with Gasteiger partial charge in [-0.3, -0.25) is 9.48 Å². The van der Waals surface area contributed by atoms with Crippen LogP contribution in [0.1, 0.15) is 50.1 Å². The second-order valence-electron chi connectivity index (χ2n) is 6.47. The van der Waals surface area contributed by atoms with Crippen molar-refractivity contribution in [3.05, 3.63) is 17.0 Å². The van der Waals surface area contributed by atoms with E-state index in [1.54, 1.807) is 13.8 Å². The third kappa shape index (κ3) is 5.51. The van der Waals surface area contributed by atoms with Crippen LogP contribution in [0.15, 0.2) is 0 Å². The van der Waals surface area contributed by atoms with Crippen LogP contribution >= 0.6 is 0 Å². The molecule has 0 aliphatic carbocycles. The number of aliphatic hydroxyl groups is 1. The summed E-state index contributed by atoms with van der Waals surface area (Å²) in [5.74, 6) is -0.795. The molecule has 1 amide bonds. The van der Waals surface area contributed by atoms with Crippen LogP contribution in [0.25, 0.3) is 0 Å². The molecule has 2 atom stereocenters. The SMILES string of the molecule is Cc1nn(CC(F)(F)F)c(C)c1C(C)C(=O)NCCC(O)C(C)C. The number of amides is 1. The molecule has 138 valence electrons. The van der Waals surface area contributed by atoms with Crippen molar-refractivity contribution in [1.82, 2.24) is 15.1 Å². The molecule has 0 saturated carbocycles. The van der Waals surface area contributed by atoms with Crippen LogP contribution in [-0.2, 0) is 11.3 Å². The molecule has 24 heavy (non-hydrogen) atoms. The minimum absolute atomic E-state index is 0.101. The van der Waals surface area contributed by atoms with Crippen LogP contribution in [0.5, 0.6) is 0 Å². The first-order chi connectivity index (χ1) is 10.9. The van der Waals surface area contributed by atoms with Crippen molar-refractivity contribution < 1.29 is 23.1 Å². The van der Waals surface area contributed by atoms with Gasteiger partial charge in [-0.15, -0.1) is 0 Å². The zero-order valence-corrected chi connectivity index (χ0v) is 14.7. The van der Waals surface area contributed by atoms with Gasteiger partial charge in [0.25, 0.3) is 0 Å². The Labute approximate surface area is 140 Å². The van der Waals surface area contributed by atoms with Gasteiger partial charge in [0.1, 0.15) is 6.54 Å². The smallest absolute Gasteiger partial charge is 0.393 e. The summed E-state index contributed by atoms with van der Waals surface area (Å²) in [7, 11) is 0. The third-order valence-corrected chi connectivity index (χ3v) is 4.10. The molecule has 1 aromatic heterocycles. The fraction of sp³-hybridized carbons (Fsp3) is 0.750. The van der Waals surface area contributed by atoms with E-state index in [9.17, 15) is 23.1 Å². The standard InChI is InChI=1S/C16H26F3N3O2/c1-9(2)13(23)6-7-20-15(24)10(3)14-11(4)21-22(12(14)5)8-16(17,18)19/h9-10,13,23H,6-8H2,1-5H3,(H,20,24). The summed E-state index contributed by atoms with van der Waals surface area (Å²) in [4.78, 5) is 12.2. The van der Waals surface area contributed by atoms with Crippen molar-refractivity contribution in [2.75, 3.05) is 6.54 Å². The van der Waals surface area contributed by atoms with E-state index in [1.165, 1.54) is 6.92 Å². The van der Waals surface area contributed by atoms with E-state index in [4.69, 9.17) is 0 Å². The lowest BCUT2D eigenvalue weighted by molar-refractivity contribution is -0.143. The first kappa shape index (κ1) is 20.5. The lowest BCUT2D eigenvalue weighted by Gasteiger charge is -2.17. The van der Waals surface area contributed by atoms with Gasteiger partial charge in [-0.1, -0.05) is 13.8 Å². The van der Waals surface area contributed by atoms with Crippen LogP contribution in [0.4, 0.5) is 13.2 Å². The Morgan fingerprint density at radius 3 is 2.38 bits per heavy atom. The molecule has 1 heterocycles. The highest BCUT2D eigenvalue weighted by Gasteiger charge is 2.31. The van der Waals surface area contributed by atoms with Gasteiger partial charge in [0.05, 0.1) is 17.7 Å². The molecular formula is C16H26F3N3O2. The molecule has 0 spiro atoms. The highest BCUT2D eigenvalue weighted by molar-refractivity contribution is 5.83. The molecule has 0 aromatic carbocycles. The predicted octanol–water partition coefficient (Wildman–Crippen LogP) is 2.69. The summed E-state index contributed by atoms with van der Waals surface area (Å²) in [5, 5.41) is 16.4. The van der Waals surface area contributed by atoms with Crippen LogP contribution in [0, 0.1) is 19.8 Å². The normalized spacial score (nSPS) is 14.8. The first-order valence-corrected chi connectivity index (χ1v) is 8.00. The number of halogens is 3. The van der Waals surface area contributed by atoms with E-state index < -0.39 is 24.7 Å². The number of aliphatic hydroxyl groups excluding tert-OH is 1. The van der Waals surface area contributed by atoms with Crippen molar-refractivity contribution in [3.8, 4) is 0 Å². The maximum absolute atomic E-state index is 12.6. The molecule has 1 aromatic rings. The number of nitrogens with one attached hydrogen (secondary N) is 1. The number of aromatic nitrogens is 2. The van der Waals surface area contributed by atoms with Crippen LogP contribution in [0.2, 0.25) is 0 Å². The highest BCUT2D eigenvalue weighted by atomic mass is 19.4. The first-order valence-electron chi connectivity index (χ1n) is 8.00. The number of aryl methyl sites for hydroxylation is 1. The second-order valence-corrected chi connectivity index (χ2v) is 6.47. The van der Waals surface area contributed by atoms with Gasteiger partial charge in [0, 0.05) is 17.8 Å². The molecule has 0 fully saturated rings. The average molecular weight is 349 g/mol. The molecule has 0 aliphatic heterocycles. The molecule has 5 nitrogen and oxygen atoms in total. The lowest BCUT2D eigenvalue weighted by atomic mass is 9.98.